The molecule has 1 fully saturated rings. The molecule has 0 aliphatic carbocycles. The molecular formula is C20H32B2ClN3O4. The first-order valence-corrected chi connectivity index (χ1v) is 10.4. The number of anilines is 1. The molecule has 7 nitrogen and oxygen atoms in total. The zero-order chi connectivity index (χ0) is 23.1. The Bertz CT molecular complexity index is 657. The number of ether oxygens (including phenoxy) is 1. The molecule has 1 aromatic carbocycles. The number of piperidine rings is 1. The van der Waals surface area contributed by atoms with Crippen LogP contribution in [0.15, 0.2) is 12.1 Å². The third kappa shape index (κ3) is 12.1. The van der Waals surface area contributed by atoms with Crippen LogP contribution in [0, 0.1) is 5.92 Å². The van der Waals surface area contributed by atoms with E-state index in [0.29, 0.717) is 47.3 Å². The number of nitrogen functional groups attached to an aromatic ring is 1. The molecule has 0 bridgehead atoms. The fraction of sp³-hybridized carbons (Fsp3) is 0.600. The van der Waals surface area contributed by atoms with E-state index < -0.39 is 6.00 Å². The Kier molecular flexibility index (Phi) is 15.1. The molecule has 1 unspecified atom stereocenters. The Labute approximate surface area is 187 Å². The van der Waals surface area contributed by atoms with Gasteiger partial charge < -0.3 is 31.0 Å². The number of nitrogens with one attached hydrogen (secondary N) is 2. The Morgan fingerprint density at radius 3 is 2.33 bits per heavy atom. The molecule has 1 amide bonds. The van der Waals surface area contributed by atoms with Crippen molar-refractivity contribution in [1.29, 1.82) is 0 Å². The second kappa shape index (κ2) is 16.1. The first-order valence-electron chi connectivity index (χ1n) is 9.99. The van der Waals surface area contributed by atoms with E-state index in [1.165, 1.54) is 7.11 Å². The molecule has 0 saturated carbocycles. The lowest BCUT2D eigenvalue weighted by Crippen LogP contribution is -2.36. The molecule has 164 valence electrons. The number of rotatable bonds is 6. The topological polar surface area (TPSA) is 114 Å². The second-order valence-corrected chi connectivity index (χ2v) is 7.18. The summed E-state index contributed by atoms with van der Waals surface area (Å²) < 4.78 is 5.18. The first-order chi connectivity index (χ1) is 14.2. The zero-order valence-electron chi connectivity index (χ0n) is 18.0. The van der Waals surface area contributed by atoms with Crippen molar-refractivity contribution in [1.82, 2.24) is 10.6 Å². The average Bonchev–Trinajstić information content (AvgIpc) is 2.75. The lowest BCUT2D eigenvalue weighted by molar-refractivity contribution is -0.111. The number of aliphatic hydroxyl groups excluding tert-OH is 1. The van der Waals surface area contributed by atoms with Crippen LogP contribution in [0.25, 0.3) is 0 Å². The summed E-state index contributed by atoms with van der Waals surface area (Å²) in [6.45, 7) is 6.24. The monoisotopic (exact) mass is 435 g/mol. The molecule has 1 atom stereocenters. The van der Waals surface area contributed by atoms with Crippen molar-refractivity contribution in [2.24, 2.45) is 5.92 Å². The van der Waals surface area contributed by atoms with E-state index in [0.717, 1.165) is 25.9 Å². The molecule has 1 heterocycles. The lowest BCUT2D eigenvalue weighted by atomic mass is 9.98. The van der Waals surface area contributed by atoms with Gasteiger partial charge in [-0.1, -0.05) is 25.4 Å². The highest BCUT2D eigenvalue weighted by atomic mass is 35.5. The highest BCUT2D eigenvalue weighted by Crippen LogP contribution is 2.28. The smallest absolute Gasteiger partial charge is 0.255 e. The van der Waals surface area contributed by atoms with Gasteiger partial charge in [-0.2, -0.15) is 0 Å². The van der Waals surface area contributed by atoms with Gasteiger partial charge in [0.05, 0.1) is 29.1 Å². The number of carbonyl (C=O) groups is 2. The summed E-state index contributed by atoms with van der Waals surface area (Å²) in [6, 6.07) is 2.50. The standard InChI is InChI=1S/C14H20ClN3O2.C3H7BO.C3H5BO/c1-20-13-7-12(16)11(15)6-10(13)14(19)18-8-9-2-4-17-5-3-9;2*1-2-3(4)5/h6-7,9,17H,2-5,8,16H2,1H3,(H,18,19);3,5H,2H2,1H3;2H2,1H3. The quantitative estimate of drug-likeness (QED) is 0.399. The van der Waals surface area contributed by atoms with E-state index in [4.69, 9.17) is 35.0 Å². The maximum absolute atomic E-state index is 12.2. The van der Waals surface area contributed by atoms with Crippen molar-refractivity contribution in [3.05, 3.63) is 22.7 Å². The van der Waals surface area contributed by atoms with Gasteiger partial charge in [-0.15, -0.1) is 0 Å². The summed E-state index contributed by atoms with van der Waals surface area (Å²) in [5.74, 6) is 0.785. The van der Waals surface area contributed by atoms with Crippen LogP contribution in [0.3, 0.4) is 0 Å². The van der Waals surface area contributed by atoms with Crippen LogP contribution in [0.4, 0.5) is 5.69 Å². The van der Waals surface area contributed by atoms with Crippen LogP contribution in [-0.2, 0) is 4.79 Å². The number of carbonyl (C=O) groups excluding carboxylic acids is 2. The molecule has 10 heteroatoms. The molecule has 1 saturated heterocycles. The van der Waals surface area contributed by atoms with Crippen molar-refractivity contribution in [3.8, 4) is 5.75 Å². The molecule has 2 rings (SSSR count). The fourth-order valence-electron chi connectivity index (χ4n) is 2.33. The number of methoxy groups -OCH3 is 1. The van der Waals surface area contributed by atoms with Gasteiger partial charge >= 0.3 is 0 Å². The highest BCUT2D eigenvalue weighted by molar-refractivity contribution is 6.57. The van der Waals surface area contributed by atoms with Gasteiger partial charge in [-0.25, -0.2) is 0 Å². The van der Waals surface area contributed by atoms with E-state index in [9.17, 15) is 9.59 Å². The largest absolute Gasteiger partial charge is 0.496 e. The normalized spacial score (nSPS) is 14.3. The highest BCUT2D eigenvalue weighted by Gasteiger charge is 2.18. The minimum Gasteiger partial charge on any atom is -0.496 e. The van der Waals surface area contributed by atoms with E-state index >= 15 is 0 Å². The SMILES string of the molecule is COc1cc(N)c(Cl)cc1C(=O)NCC1CCNCC1.[B]C(=O)CC.[B]C(O)CC. The molecule has 4 radical (unpaired) electrons. The molecule has 30 heavy (non-hydrogen) atoms. The number of halogens is 1. The minimum absolute atomic E-state index is 0.178. The van der Waals surface area contributed by atoms with Gasteiger partial charge in [-0.05, 0) is 50.8 Å². The van der Waals surface area contributed by atoms with Crippen LogP contribution in [0.1, 0.15) is 49.9 Å². The van der Waals surface area contributed by atoms with Crippen LogP contribution in [0.5, 0.6) is 5.75 Å². The number of hydrogen-bond acceptors (Lipinski definition) is 6. The Morgan fingerprint density at radius 1 is 1.37 bits per heavy atom. The lowest BCUT2D eigenvalue weighted by Gasteiger charge is -2.23. The summed E-state index contributed by atoms with van der Waals surface area (Å²) in [4.78, 5) is 21.8. The van der Waals surface area contributed by atoms with Gasteiger partial charge in [0.25, 0.3) is 5.91 Å². The van der Waals surface area contributed by atoms with Crippen molar-refractivity contribution in [2.45, 2.75) is 45.5 Å². The number of nitrogens with two attached hydrogens (primary N) is 1. The number of aliphatic hydroxyl groups is 1. The average molecular weight is 436 g/mol. The zero-order valence-corrected chi connectivity index (χ0v) is 18.8. The van der Waals surface area contributed by atoms with Crippen molar-refractivity contribution in [2.75, 3.05) is 32.5 Å². The van der Waals surface area contributed by atoms with Crippen LogP contribution < -0.4 is 21.1 Å². The van der Waals surface area contributed by atoms with Crippen molar-refractivity contribution < 1.29 is 19.4 Å². The maximum atomic E-state index is 12.2. The summed E-state index contributed by atoms with van der Waals surface area (Å²) in [5.41, 5.74) is 6.28. The number of benzene rings is 1. The van der Waals surface area contributed by atoms with Crippen LogP contribution in [-0.4, -0.2) is 65.1 Å². The molecule has 5 N–H and O–H groups in total. The van der Waals surface area contributed by atoms with E-state index in [1.54, 1.807) is 19.1 Å². The predicted molar refractivity (Wildman–Crippen MR) is 123 cm³/mol. The fourth-order valence-corrected chi connectivity index (χ4v) is 2.50. The Hall–Kier alpha value is -1.70. The summed E-state index contributed by atoms with van der Waals surface area (Å²) >= 11 is 5.97. The maximum Gasteiger partial charge on any atom is 0.255 e. The van der Waals surface area contributed by atoms with E-state index in [1.807, 2.05) is 6.92 Å². The second-order valence-electron chi connectivity index (χ2n) is 6.77. The third-order valence-corrected chi connectivity index (χ3v) is 4.67. The molecule has 1 aliphatic rings. The molecule has 1 aliphatic heterocycles. The summed E-state index contributed by atoms with van der Waals surface area (Å²) in [5, 5.41) is 14.7. The minimum atomic E-state index is -0.616. The molecular weight excluding hydrogens is 403 g/mol. The van der Waals surface area contributed by atoms with Gasteiger partial charge in [0.1, 0.15) is 13.6 Å². The van der Waals surface area contributed by atoms with Gasteiger partial charge in [0.2, 0.25) is 0 Å². The number of amides is 1. The van der Waals surface area contributed by atoms with Crippen molar-refractivity contribution >= 4 is 44.6 Å². The van der Waals surface area contributed by atoms with Crippen LogP contribution in [0.2, 0.25) is 5.02 Å². The number of hydrogen-bond donors (Lipinski definition) is 4. The Morgan fingerprint density at radius 2 is 1.90 bits per heavy atom. The summed E-state index contributed by atoms with van der Waals surface area (Å²) in [7, 11) is 11.0. The first kappa shape index (κ1) is 28.3. The summed E-state index contributed by atoms with van der Waals surface area (Å²) in [6.07, 6.45) is 3.25. The third-order valence-electron chi connectivity index (χ3n) is 4.34. The van der Waals surface area contributed by atoms with Gasteiger partial charge in [-0.3, -0.25) is 4.79 Å². The van der Waals surface area contributed by atoms with E-state index in [-0.39, 0.29) is 11.6 Å². The predicted octanol–water partition coefficient (Wildman–Crippen LogP) is 1.64. The molecule has 0 aromatic heterocycles. The Balaban J connectivity index is 0.000000702. The van der Waals surface area contributed by atoms with Gasteiger partial charge in [0.15, 0.2) is 7.85 Å². The van der Waals surface area contributed by atoms with Crippen molar-refractivity contribution in [3.63, 3.8) is 0 Å². The van der Waals surface area contributed by atoms with Crippen LogP contribution >= 0.6 is 11.6 Å². The van der Waals surface area contributed by atoms with E-state index in [2.05, 4.69) is 18.5 Å². The van der Waals surface area contributed by atoms with Gasteiger partial charge in [0, 0.05) is 18.6 Å². The molecule has 1 aromatic rings. The molecule has 0 spiro atoms.